The van der Waals surface area contributed by atoms with Crippen molar-refractivity contribution in [2.45, 2.75) is 37.5 Å². The lowest BCUT2D eigenvalue weighted by Crippen LogP contribution is -2.57. The number of hydrogen-bond acceptors (Lipinski definition) is 6. The van der Waals surface area contributed by atoms with E-state index in [1.807, 2.05) is 42.7 Å². The van der Waals surface area contributed by atoms with Crippen molar-refractivity contribution in [3.8, 4) is 6.07 Å². The molecule has 2 N–H and O–H groups in total. The number of nitrogens with zero attached hydrogens (tertiary/aromatic N) is 2. The number of thioether (sulfide) groups is 1. The normalized spacial score (nSPS) is 20.8. The molecule has 0 radical (unpaired) electrons. The van der Waals surface area contributed by atoms with Crippen LogP contribution in [0.2, 0.25) is 0 Å². The van der Waals surface area contributed by atoms with Crippen LogP contribution in [0.3, 0.4) is 0 Å². The number of nitriles is 1. The van der Waals surface area contributed by atoms with Gasteiger partial charge in [0, 0.05) is 6.54 Å². The highest BCUT2D eigenvalue weighted by Crippen LogP contribution is 2.31. The van der Waals surface area contributed by atoms with Crippen LogP contribution in [0.15, 0.2) is 30.3 Å². The lowest BCUT2D eigenvalue weighted by Gasteiger charge is -2.32. The summed E-state index contributed by atoms with van der Waals surface area (Å²) in [6.07, 6.45) is 3.30. The molecular formula is C18H23N3O3S. The van der Waals surface area contributed by atoms with Crippen molar-refractivity contribution in [1.82, 2.24) is 4.90 Å². The average molecular weight is 361 g/mol. The molecule has 0 bridgehead atoms. The van der Waals surface area contributed by atoms with Crippen LogP contribution in [0, 0.1) is 11.3 Å². The zero-order chi connectivity index (χ0) is 18.3. The number of hydrogen-bond donors (Lipinski definition) is 1. The second kappa shape index (κ2) is 8.88. The van der Waals surface area contributed by atoms with E-state index >= 15 is 0 Å². The molecule has 0 spiro atoms. The van der Waals surface area contributed by atoms with Gasteiger partial charge in [-0.1, -0.05) is 30.3 Å². The van der Waals surface area contributed by atoms with Gasteiger partial charge in [-0.3, -0.25) is 4.79 Å². The van der Waals surface area contributed by atoms with E-state index in [0.717, 1.165) is 11.3 Å². The number of rotatable bonds is 7. The molecule has 2 atom stereocenters. The van der Waals surface area contributed by atoms with Crippen molar-refractivity contribution in [1.29, 1.82) is 5.26 Å². The van der Waals surface area contributed by atoms with E-state index in [4.69, 9.17) is 10.5 Å². The van der Waals surface area contributed by atoms with Gasteiger partial charge >= 0.3 is 5.97 Å². The average Bonchev–Trinajstić information content (AvgIpc) is 3.09. The fourth-order valence-electron chi connectivity index (χ4n) is 2.90. The number of amides is 1. The minimum atomic E-state index is -1.57. The molecule has 1 aromatic carbocycles. The summed E-state index contributed by atoms with van der Waals surface area (Å²) in [4.78, 5) is 26.6. The highest BCUT2D eigenvalue weighted by Gasteiger charge is 2.52. The highest BCUT2D eigenvalue weighted by atomic mass is 32.2. The van der Waals surface area contributed by atoms with E-state index in [-0.39, 0.29) is 18.9 Å². The molecule has 7 heteroatoms. The molecule has 1 heterocycles. The summed E-state index contributed by atoms with van der Waals surface area (Å²) in [6.45, 7) is 0.420. The number of nitrogens with two attached hydrogens (primary N) is 1. The van der Waals surface area contributed by atoms with Crippen molar-refractivity contribution in [2.24, 2.45) is 5.73 Å². The van der Waals surface area contributed by atoms with E-state index in [0.29, 0.717) is 19.4 Å². The predicted molar refractivity (Wildman–Crippen MR) is 96.5 cm³/mol. The maximum absolute atomic E-state index is 12.6. The highest BCUT2D eigenvalue weighted by molar-refractivity contribution is 7.98. The Morgan fingerprint density at radius 1 is 1.44 bits per heavy atom. The van der Waals surface area contributed by atoms with Gasteiger partial charge in [0.1, 0.15) is 12.7 Å². The van der Waals surface area contributed by atoms with Crippen molar-refractivity contribution in [3.63, 3.8) is 0 Å². The van der Waals surface area contributed by atoms with Gasteiger partial charge in [-0.2, -0.15) is 17.0 Å². The van der Waals surface area contributed by atoms with Gasteiger partial charge in [0.25, 0.3) is 0 Å². The first kappa shape index (κ1) is 19.3. The molecule has 6 nitrogen and oxygen atoms in total. The summed E-state index contributed by atoms with van der Waals surface area (Å²) in [5, 5.41) is 9.67. The van der Waals surface area contributed by atoms with Crippen LogP contribution < -0.4 is 5.73 Å². The molecule has 2 rings (SSSR count). The summed E-state index contributed by atoms with van der Waals surface area (Å²) >= 11 is 1.60. The Morgan fingerprint density at radius 3 is 2.80 bits per heavy atom. The summed E-state index contributed by atoms with van der Waals surface area (Å²) in [6, 6.07) is 10.6. The topological polar surface area (TPSA) is 96.4 Å². The van der Waals surface area contributed by atoms with E-state index in [2.05, 4.69) is 0 Å². The van der Waals surface area contributed by atoms with Crippen LogP contribution >= 0.6 is 11.8 Å². The fourth-order valence-corrected chi connectivity index (χ4v) is 3.39. The van der Waals surface area contributed by atoms with E-state index in [1.54, 1.807) is 11.8 Å². The quantitative estimate of drug-likeness (QED) is 0.743. The van der Waals surface area contributed by atoms with E-state index < -0.39 is 17.6 Å². The van der Waals surface area contributed by atoms with E-state index in [1.165, 1.54) is 4.90 Å². The molecule has 1 fully saturated rings. The Hall–Kier alpha value is -2.04. The first-order valence-corrected chi connectivity index (χ1v) is 9.63. The minimum absolute atomic E-state index is 0.0731. The van der Waals surface area contributed by atoms with Crippen LogP contribution in [-0.2, 0) is 20.9 Å². The van der Waals surface area contributed by atoms with Crippen LogP contribution in [-0.4, -0.2) is 46.9 Å². The Balaban J connectivity index is 2.09. The lowest BCUT2D eigenvalue weighted by atomic mass is 9.97. The second-order valence-corrected chi connectivity index (χ2v) is 7.00. The number of likely N-dealkylation sites (tertiary alicyclic amines) is 1. The van der Waals surface area contributed by atoms with Crippen LogP contribution in [0.4, 0.5) is 0 Å². The second-order valence-electron chi connectivity index (χ2n) is 6.02. The SMILES string of the molecule is CSCCC(N)C(=O)N1CCC[C@]1(C#N)C(=O)OCc1ccccc1. The minimum Gasteiger partial charge on any atom is -0.458 e. The number of esters is 1. The van der Waals surface area contributed by atoms with Gasteiger partial charge in [0.05, 0.1) is 6.04 Å². The van der Waals surface area contributed by atoms with Crippen molar-refractivity contribution in [3.05, 3.63) is 35.9 Å². The molecule has 1 saturated heterocycles. The number of benzene rings is 1. The zero-order valence-corrected chi connectivity index (χ0v) is 15.1. The first-order valence-electron chi connectivity index (χ1n) is 8.23. The third-order valence-electron chi connectivity index (χ3n) is 4.33. The van der Waals surface area contributed by atoms with Gasteiger partial charge in [0.2, 0.25) is 11.4 Å². The van der Waals surface area contributed by atoms with Gasteiger partial charge in [-0.05, 0) is 36.8 Å². The third-order valence-corrected chi connectivity index (χ3v) is 4.98. The maximum atomic E-state index is 12.6. The number of ether oxygens (including phenoxy) is 1. The van der Waals surface area contributed by atoms with Crippen molar-refractivity contribution >= 4 is 23.6 Å². The maximum Gasteiger partial charge on any atom is 0.347 e. The Morgan fingerprint density at radius 2 is 2.16 bits per heavy atom. The summed E-state index contributed by atoms with van der Waals surface area (Å²) in [7, 11) is 0. The predicted octanol–water partition coefficient (Wildman–Crippen LogP) is 1.69. The molecule has 1 aliphatic heterocycles. The van der Waals surface area contributed by atoms with E-state index in [9.17, 15) is 14.9 Å². The van der Waals surface area contributed by atoms with Crippen LogP contribution in [0.1, 0.15) is 24.8 Å². The molecule has 0 saturated carbocycles. The third kappa shape index (κ3) is 4.33. The first-order chi connectivity index (χ1) is 12.0. The Labute approximate surface area is 152 Å². The monoisotopic (exact) mass is 361 g/mol. The molecule has 1 aromatic rings. The zero-order valence-electron chi connectivity index (χ0n) is 14.3. The van der Waals surface area contributed by atoms with Gasteiger partial charge < -0.3 is 15.4 Å². The Bertz CT molecular complexity index is 647. The molecular weight excluding hydrogens is 338 g/mol. The smallest absolute Gasteiger partial charge is 0.347 e. The van der Waals surface area contributed by atoms with Crippen LogP contribution in [0.25, 0.3) is 0 Å². The molecule has 1 amide bonds. The summed E-state index contributed by atoms with van der Waals surface area (Å²) in [5.74, 6) is -0.287. The number of carbonyl (C=O) groups is 2. The molecule has 0 aromatic heterocycles. The van der Waals surface area contributed by atoms with Gasteiger partial charge in [-0.25, -0.2) is 4.79 Å². The lowest BCUT2D eigenvalue weighted by molar-refractivity contribution is -0.159. The molecule has 0 aliphatic carbocycles. The Kier molecular flexibility index (Phi) is 6.85. The number of carbonyl (C=O) groups excluding carboxylic acids is 2. The van der Waals surface area contributed by atoms with Gasteiger partial charge in [0.15, 0.2) is 0 Å². The summed E-state index contributed by atoms with van der Waals surface area (Å²) in [5.41, 5.74) is 5.22. The largest absolute Gasteiger partial charge is 0.458 e. The molecule has 1 aliphatic rings. The van der Waals surface area contributed by atoms with Crippen LogP contribution in [0.5, 0.6) is 0 Å². The molecule has 1 unspecified atom stereocenters. The fraction of sp³-hybridized carbons (Fsp3) is 0.500. The summed E-state index contributed by atoms with van der Waals surface area (Å²) < 4.78 is 5.35. The van der Waals surface area contributed by atoms with Crippen molar-refractivity contribution in [2.75, 3.05) is 18.6 Å². The molecule has 134 valence electrons. The molecule has 25 heavy (non-hydrogen) atoms. The van der Waals surface area contributed by atoms with Gasteiger partial charge in [-0.15, -0.1) is 0 Å². The van der Waals surface area contributed by atoms with Crippen molar-refractivity contribution < 1.29 is 14.3 Å². The standard InChI is InChI=1S/C18H23N3O3S/c1-25-11-8-15(20)16(22)21-10-5-9-18(21,13-19)17(23)24-12-14-6-3-2-4-7-14/h2-4,6-7,15H,5,8-12,20H2,1H3/t15?,18-/m0/s1.